The Bertz CT molecular complexity index is 134. The summed E-state index contributed by atoms with van der Waals surface area (Å²) >= 11 is 0. The molecule has 86 valence electrons. The Morgan fingerprint density at radius 3 is 2.29 bits per heavy atom. The zero-order chi connectivity index (χ0) is 11.0. The third-order valence-electron chi connectivity index (χ3n) is 1.99. The van der Waals surface area contributed by atoms with Gasteiger partial charge >= 0.3 is 0 Å². The van der Waals surface area contributed by atoms with Crippen molar-refractivity contribution in [3.05, 3.63) is 0 Å². The van der Waals surface area contributed by atoms with Crippen LogP contribution in [-0.2, 0) is 0 Å². The Hall–Kier alpha value is -0.200. The molecule has 14 heavy (non-hydrogen) atoms. The summed E-state index contributed by atoms with van der Waals surface area (Å²) in [5.74, 6) is 0. The molecule has 0 aliphatic rings. The second kappa shape index (κ2) is 8.14. The molecule has 0 radical (unpaired) electrons. The van der Waals surface area contributed by atoms with Gasteiger partial charge in [-0.15, -0.1) is 0 Å². The third kappa shape index (κ3) is 5.51. The zero-order valence-corrected chi connectivity index (χ0v) is 8.56. The van der Waals surface area contributed by atoms with Crippen LogP contribution in [0.4, 0.5) is 0 Å². The van der Waals surface area contributed by atoms with Gasteiger partial charge in [0.1, 0.15) is 6.10 Å². The van der Waals surface area contributed by atoms with Crippen molar-refractivity contribution in [3.63, 3.8) is 0 Å². The standard InChI is InChI=1S/C9H21NO4/c1-2-4-10-6-8(13)9(14)7(12)3-5-11/h7-14H,2-6H2,1H3. The number of aliphatic hydroxyl groups excluding tert-OH is 4. The van der Waals surface area contributed by atoms with Gasteiger partial charge in [-0.05, 0) is 19.4 Å². The minimum Gasteiger partial charge on any atom is -0.396 e. The van der Waals surface area contributed by atoms with Crippen molar-refractivity contribution in [2.75, 3.05) is 19.7 Å². The predicted molar refractivity (Wildman–Crippen MR) is 52.9 cm³/mol. The number of rotatable bonds is 8. The first-order valence-corrected chi connectivity index (χ1v) is 4.99. The second-order valence-corrected chi connectivity index (χ2v) is 3.34. The molecule has 0 saturated carbocycles. The van der Waals surface area contributed by atoms with Crippen LogP contribution in [0.3, 0.4) is 0 Å². The van der Waals surface area contributed by atoms with Gasteiger partial charge in [-0.25, -0.2) is 0 Å². The molecule has 0 spiro atoms. The summed E-state index contributed by atoms with van der Waals surface area (Å²) in [6.45, 7) is 2.81. The Morgan fingerprint density at radius 2 is 1.79 bits per heavy atom. The van der Waals surface area contributed by atoms with Gasteiger partial charge in [-0.1, -0.05) is 6.92 Å². The molecule has 0 aliphatic heterocycles. The van der Waals surface area contributed by atoms with E-state index in [2.05, 4.69) is 5.32 Å². The van der Waals surface area contributed by atoms with Crippen molar-refractivity contribution in [2.24, 2.45) is 0 Å². The van der Waals surface area contributed by atoms with Crippen LogP contribution in [0.1, 0.15) is 19.8 Å². The lowest BCUT2D eigenvalue weighted by molar-refractivity contribution is -0.0642. The summed E-state index contributed by atoms with van der Waals surface area (Å²) in [6.07, 6.45) is -2.25. The monoisotopic (exact) mass is 207 g/mol. The minimum atomic E-state index is -1.20. The fourth-order valence-corrected chi connectivity index (χ4v) is 1.11. The Labute approximate surface area is 84.4 Å². The van der Waals surface area contributed by atoms with E-state index in [0.717, 1.165) is 13.0 Å². The highest BCUT2D eigenvalue weighted by atomic mass is 16.4. The minimum absolute atomic E-state index is 0.0754. The molecule has 0 aliphatic carbocycles. The van der Waals surface area contributed by atoms with Gasteiger partial charge in [0.2, 0.25) is 0 Å². The first-order chi connectivity index (χ1) is 6.63. The predicted octanol–water partition coefficient (Wildman–Crippen LogP) is -1.55. The molecule has 0 aromatic carbocycles. The van der Waals surface area contributed by atoms with E-state index in [9.17, 15) is 15.3 Å². The van der Waals surface area contributed by atoms with Crippen molar-refractivity contribution >= 4 is 0 Å². The molecular weight excluding hydrogens is 186 g/mol. The summed E-state index contributed by atoms with van der Waals surface area (Å²) in [4.78, 5) is 0. The molecule has 0 amide bonds. The van der Waals surface area contributed by atoms with Gasteiger partial charge in [0.15, 0.2) is 0 Å². The Morgan fingerprint density at radius 1 is 1.14 bits per heavy atom. The molecule has 5 nitrogen and oxygen atoms in total. The molecule has 5 heteroatoms. The molecule has 0 heterocycles. The normalized spacial score (nSPS) is 17.8. The van der Waals surface area contributed by atoms with E-state index in [-0.39, 0.29) is 19.6 Å². The SMILES string of the molecule is CCCNCC(O)C(O)C(O)CCO. The maximum atomic E-state index is 9.39. The lowest BCUT2D eigenvalue weighted by Crippen LogP contribution is -2.43. The van der Waals surface area contributed by atoms with Crippen LogP contribution in [0.15, 0.2) is 0 Å². The van der Waals surface area contributed by atoms with Gasteiger partial charge in [0.05, 0.1) is 12.2 Å². The summed E-state index contributed by atoms with van der Waals surface area (Å²) in [6, 6.07) is 0. The van der Waals surface area contributed by atoms with Crippen LogP contribution in [0.2, 0.25) is 0 Å². The number of aliphatic hydroxyl groups is 4. The van der Waals surface area contributed by atoms with Crippen molar-refractivity contribution in [2.45, 2.75) is 38.1 Å². The van der Waals surface area contributed by atoms with Gasteiger partial charge in [0.25, 0.3) is 0 Å². The largest absolute Gasteiger partial charge is 0.396 e. The van der Waals surface area contributed by atoms with E-state index in [1.807, 2.05) is 6.92 Å². The quantitative estimate of drug-likeness (QED) is 0.311. The summed E-state index contributed by atoms with van der Waals surface area (Å²) < 4.78 is 0. The number of nitrogens with one attached hydrogen (secondary N) is 1. The topological polar surface area (TPSA) is 93.0 Å². The number of hydrogen-bond donors (Lipinski definition) is 5. The average Bonchev–Trinajstić information content (AvgIpc) is 2.17. The molecular formula is C9H21NO4. The maximum absolute atomic E-state index is 9.39. The Balaban J connectivity index is 3.68. The molecule has 0 bridgehead atoms. The molecule has 0 fully saturated rings. The van der Waals surface area contributed by atoms with Gasteiger partial charge in [-0.2, -0.15) is 0 Å². The molecule has 3 unspecified atom stereocenters. The molecule has 3 atom stereocenters. The highest BCUT2D eigenvalue weighted by Crippen LogP contribution is 2.03. The van der Waals surface area contributed by atoms with Crippen LogP contribution in [0, 0.1) is 0 Å². The fraction of sp³-hybridized carbons (Fsp3) is 1.00. The zero-order valence-electron chi connectivity index (χ0n) is 8.56. The highest BCUT2D eigenvalue weighted by molar-refractivity contribution is 4.76. The summed E-state index contributed by atoms with van der Waals surface area (Å²) in [5, 5.41) is 39.4. The molecule has 0 rings (SSSR count). The van der Waals surface area contributed by atoms with E-state index in [1.54, 1.807) is 0 Å². The number of hydrogen-bond acceptors (Lipinski definition) is 5. The van der Waals surface area contributed by atoms with E-state index in [0.29, 0.717) is 0 Å². The lowest BCUT2D eigenvalue weighted by Gasteiger charge is -2.22. The van der Waals surface area contributed by atoms with Crippen LogP contribution in [0.5, 0.6) is 0 Å². The summed E-state index contributed by atoms with van der Waals surface area (Å²) in [5.41, 5.74) is 0. The van der Waals surface area contributed by atoms with Crippen molar-refractivity contribution in [3.8, 4) is 0 Å². The maximum Gasteiger partial charge on any atom is 0.107 e. The van der Waals surface area contributed by atoms with Crippen molar-refractivity contribution in [1.82, 2.24) is 5.32 Å². The molecule has 0 saturated heterocycles. The molecule has 5 N–H and O–H groups in total. The first kappa shape index (κ1) is 13.8. The smallest absolute Gasteiger partial charge is 0.107 e. The van der Waals surface area contributed by atoms with E-state index in [4.69, 9.17) is 5.11 Å². The second-order valence-electron chi connectivity index (χ2n) is 3.34. The lowest BCUT2D eigenvalue weighted by atomic mass is 10.1. The first-order valence-electron chi connectivity index (χ1n) is 4.99. The van der Waals surface area contributed by atoms with Crippen LogP contribution >= 0.6 is 0 Å². The summed E-state index contributed by atoms with van der Waals surface area (Å²) in [7, 11) is 0. The Kier molecular flexibility index (Phi) is 8.02. The fourth-order valence-electron chi connectivity index (χ4n) is 1.11. The van der Waals surface area contributed by atoms with Gasteiger partial charge < -0.3 is 25.7 Å². The molecule has 0 aromatic heterocycles. The van der Waals surface area contributed by atoms with Crippen molar-refractivity contribution in [1.29, 1.82) is 0 Å². The van der Waals surface area contributed by atoms with Crippen LogP contribution < -0.4 is 5.32 Å². The van der Waals surface area contributed by atoms with E-state index < -0.39 is 18.3 Å². The highest BCUT2D eigenvalue weighted by Gasteiger charge is 2.23. The van der Waals surface area contributed by atoms with Crippen molar-refractivity contribution < 1.29 is 20.4 Å². The van der Waals surface area contributed by atoms with Gasteiger partial charge in [0, 0.05) is 13.2 Å². The average molecular weight is 207 g/mol. The van der Waals surface area contributed by atoms with E-state index >= 15 is 0 Å². The third-order valence-corrected chi connectivity index (χ3v) is 1.99. The van der Waals surface area contributed by atoms with Gasteiger partial charge in [-0.3, -0.25) is 0 Å². The van der Waals surface area contributed by atoms with E-state index in [1.165, 1.54) is 0 Å². The molecule has 0 aromatic rings. The van der Waals surface area contributed by atoms with Crippen LogP contribution in [-0.4, -0.2) is 58.4 Å². The van der Waals surface area contributed by atoms with Crippen LogP contribution in [0.25, 0.3) is 0 Å².